The summed E-state index contributed by atoms with van der Waals surface area (Å²) >= 11 is 1.47. The Balaban J connectivity index is 1.55. The number of rotatable bonds is 5. The predicted molar refractivity (Wildman–Crippen MR) is 80.0 cm³/mol. The second kappa shape index (κ2) is 6.48. The van der Waals surface area contributed by atoms with E-state index >= 15 is 0 Å². The van der Waals surface area contributed by atoms with Gasteiger partial charge in [0.1, 0.15) is 5.82 Å². The number of halogens is 1. The quantitative estimate of drug-likeness (QED) is 0.785. The van der Waals surface area contributed by atoms with Crippen LogP contribution >= 0.6 is 11.3 Å². The van der Waals surface area contributed by atoms with Gasteiger partial charge in [-0.2, -0.15) is 4.98 Å². The van der Waals surface area contributed by atoms with Crippen molar-refractivity contribution in [1.29, 1.82) is 0 Å². The Labute approximate surface area is 129 Å². The van der Waals surface area contributed by atoms with E-state index in [0.29, 0.717) is 18.8 Å². The molecule has 3 aromatic rings. The molecule has 1 N–H and O–H groups in total. The molecule has 1 amide bonds. The highest BCUT2D eigenvalue weighted by Crippen LogP contribution is 2.21. The monoisotopic (exact) mass is 317 g/mol. The lowest BCUT2D eigenvalue weighted by atomic mass is 10.1. The third-order valence-electron chi connectivity index (χ3n) is 2.97. The first-order chi connectivity index (χ1) is 10.7. The molecule has 0 unspecified atom stereocenters. The fourth-order valence-electron chi connectivity index (χ4n) is 1.87. The van der Waals surface area contributed by atoms with Gasteiger partial charge >= 0.3 is 11.8 Å². The number of thiophene rings is 1. The maximum atomic E-state index is 12.8. The van der Waals surface area contributed by atoms with E-state index in [1.165, 1.54) is 23.5 Å². The summed E-state index contributed by atoms with van der Waals surface area (Å²) in [7, 11) is 0. The van der Waals surface area contributed by atoms with Crippen LogP contribution < -0.4 is 5.32 Å². The summed E-state index contributed by atoms with van der Waals surface area (Å²) in [6.45, 7) is 0.404. The number of aromatic nitrogens is 2. The van der Waals surface area contributed by atoms with Crippen LogP contribution in [0.1, 0.15) is 16.2 Å². The molecule has 112 valence electrons. The van der Waals surface area contributed by atoms with Crippen LogP contribution in [0.4, 0.5) is 4.39 Å². The Hall–Kier alpha value is -2.54. The van der Waals surface area contributed by atoms with E-state index in [1.54, 1.807) is 12.1 Å². The van der Waals surface area contributed by atoms with E-state index in [0.717, 1.165) is 10.4 Å². The zero-order valence-electron chi connectivity index (χ0n) is 11.5. The summed E-state index contributed by atoms with van der Waals surface area (Å²) < 4.78 is 17.7. The summed E-state index contributed by atoms with van der Waals surface area (Å²) in [4.78, 5) is 16.8. The van der Waals surface area contributed by atoms with Gasteiger partial charge in [-0.1, -0.05) is 23.4 Å². The number of hydrogen-bond donors (Lipinski definition) is 1. The molecular weight excluding hydrogens is 305 g/mol. The van der Waals surface area contributed by atoms with E-state index in [1.807, 2.05) is 17.5 Å². The van der Waals surface area contributed by atoms with Gasteiger partial charge in [-0.3, -0.25) is 4.79 Å². The van der Waals surface area contributed by atoms with E-state index < -0.39 is 5.91 Å². The standard InChI is InChI=1S/C15H12FN3O2S/c16-11-5-3-10(4-6-11)7-8-17-14(20)15-18-13(19-21-15)12-2-1-9-22-12/h1-6,9H,7-8H2,(H,17,20). The van der Waals surface area contributed by atoms with Gasteiger partial charge < -0.3 is 9.84 Å². The summed E-state index contributed by atoms with van der Waals surface area (Å²) in [6.07, 6.45) is 0.595. The Morgan fingerprint density at radius 1 is 1.27 bits per heavy atom. The van der Waals surface area contributed by atoms with Gasteiger partial charge in [0.15, 0.2) is 0 Å². The van der Waals surface area contributed by atoms with Crippen LogP contribution in [-0.4, -0.2) is 22.6 Å². The van der Waals surface area contributed by atoms with Crippen molar-refractivity contribution in [3.8, 4) is 10.7 Å². The lowest BCUT2D eigenvalue weighted by molar-refractivity contribution is 0.0910. The molecule has 0 saturated carbocycles. The first kappa shape index (κ1) is 14.4. The van der Waals surface area contributed by atoms with Crippen molar-refractivity contribution >= 4 is 17.2 Å². The Kier molecular flexibility index (Phi) is 4.24. The Morgan fingerprint density at radius 2 is 2.09 bits per heavy atom. The molecule has 0 aliphatic carbocycles. The van der Waals surface area contributed by atoms with Crippen LogP contribution in [0.15, 0.2) is 46.3 Å². The molecule has 2 heterocycles. The smallest absolute Gasteiger partial charge is 0.316 e. The van der Waals surface area contributed by atoms with Gasteiger partial charge in [-0.05, 0) is 35.6 Å². The molecule has 0 saturated heterocycles. The van der Waals surface area contributed by atoms with Crippen LogP contribution in [-0.2, 0) is 6.42 Å². The highest BCUT2D eigenvalue weighted by atomic mass is 32.1. The normalized spacial score (nSPS) is 10.6. The lowest BCUT2D eigenvalue weighted by Crippen LogP contribution is -2.26. The van der Waals surface area contributed by atoms with Crippen molar-refractivity contribution in [1.82, 2.24) is 15.5 Å². The molecule has 0 radical (unpaired) electrons. The summed E-state index contributed by atoms with van der Waals surface area (Å²) in [5, 5.41) is 8.37. The number of nitrogens with one attached hydrogen (secondary N) is 1. The SMILES string of the molecule is O=C(NCCc1ccc(F)cc1)c1nc(-c2cccs2)no1. The minimum absolute atomic E-state index is 0.0671. The van der Waals surface area contributed by atoms with Crippen molar-refractivity contribution < 1.29 is 13.7 Å². The van der Waals surface area contributed by atoms with Crippen molar-refractivity contribution in [2.45, 2.75) is 6.42 Å². The molecule has 2 aromatic heterocycles. The number of carbonyl (C=O) groups is 1. The lowest BCUT2D eigenvalue weighted by Gasteiger charge is -2.02. The maximum absolute atomic E-state index is 12.8. The van der Waals surface area contributed by atoms with Crippen LogP contribution in [0.5, 0.6) is 0 Å². The van der Waals surface area contributed by atoms with Gasteiger partial charge in [-0.15, -0.1) is 11.3 Å². The van der Waals surface area contributed by atoms with E-state index in [2.05, 4.69) is 15.5 Å². The second-order valence-electron chi connectivity index (χ2n) is 4.53. The highest BCUT2D eigenvalue weighted by Gasteiger charge is 2.15. The molecule has 0 aliphatic heterocycles. The second-order valence-corrected chi connectivity index (χ2v) is 5.48. The van der Waals surface area contributed by atoms with Crippen LogP contribution in [0.2, 0.25) is 0 Å². The zero-order valence-corrected chi connectivity index (χ0v) is 12.3. The first-order valence-electron chi connectivity index (χ1n) is 6.62. The van der Waals surface area contributed by atoms with Crippen LogP contribution in [0.3, 0.4) is 0 Å². The van der Waals surface area contributed by atoms with Crippen molar-refractivity contribution in [3.63, 3.8) is 0 Å². The van der Waals surface area contributed by atoms with Gasteiger partial charge in [-0.25, -0.2) is 4.39 Å². The zero-order chi connectivity index (χ0) is 15.4. The molecule has 3 rings (SSSR count). The number of benzene rings is 1. The molecule has 1 aromatic carbocycles. The average Bonchev–Trinajstić information content (AvgIpc) is 3.20. The average molecular weight is 317 g/mol. The van der Waals surface area contributed by atoms with Gasteiger partial charge in [0, 0.05) is 6.54 Å². The largest absolute Gasteiger partial charge is 0.347 e. The molecule has 22 heavy (non-hydrogen) atoms. The van der Waals surface area contributed by atoms with Crippen molar-refractivity contribution in [2.24, 2.45) is 0 Å². The fraction of sp³-hybridized carbons (Fsp3) is 0.133. The summed E-state index contributed by atoms with van der Waals surface area (Å²) in [6, 6.07) is 9.88. The molecule has 0 atom stereocenters. The highest BCUT2D eigenvalue weighted by molar-refractivity contribution is 7.13. The van der Waals surface area contributed by atoms with Crippen molar-refractivity contribution in [3.05, 3.63) is 59.0 Å². The summed E-state index contributed by atoms with van der Waals surface area (Å²) in [5.41, 5.74) is 0.937. The fourth-order valence-corrected chi connectivity index (χ4v) is 2.52. The van der Waals surface area contributed by atoms with Crippen LogP contribution in [0.25, 0.3) is 10.7 Å². The van der Waals surface area contributed by atoms with Crippen molar-refractivity contribution in [2.75, 3.05) is 6.54 Å². The third-order valence-corrected chi connectivity index (χ3v) is 3.84. The molecule has 0 bridgehead atoms. The van der Waals surface area contributed by atoms with E-state index in [4.69, 9.17) is 4.52 Å². The molecule has 0 spiro atoms. The molecule has 0 aliphatic rings. The minimum Gasteiger partial charge on any atom is -0.347 e. The number of amides is 1. The van der Waals surface area contributed by atoms with E-state index in [9.17, 15) is 9.18 Å². The number of hydrogen-bond acceptors (Lipinski definition) is 5. The first-order valence-corrected chi connectivity index (χ1v) is 7.50. The van der Waals surface area contributed by atoms with Gasteiger partial charge in [0.2, 0.25) is 5.82 Å². The number of nitrogens with zero attached hydrogens (tertiary/aromatic N) is 2. The summed E-state index contributed by atoms with van der Waals surface area (Å²) in [5.74, 6) is -0.363. The maximum Gasteiger partial charge on any atom is 0.316 e. The molecule has 0 fully saturated rings. The number of carbonyl (C=O) groups excluding carboxylic acids is 1. The topological polar surface area (TPSA) is 68.0 Å². The molecule has 5 nitrogen and oxygen atoms in total. The minimum atomic E-state index is -0.419. The van der Waals surface area contributed by atoms with Crippen LogP contribution in [0, 0.1) is 5.82 Å². The molecular formula is C15H12FN3O2S. The van der Waals surface area contributed by atoms with Gasteiger partial charge in [0.05, 0.1) is 4.88 Å². The Morgan fingerprint density at radius 3 is 2.82 bits per heavy atom. The molecule has 7 heteroatoms. The van der Waals surface area contributed by atoms with E-state index in [-0.39, 0.29) is 11.7 Å². The Bertz CT molecular complexity index is 753. The van der Waals surface area contributed by atoms with Gasteiger partial charge in [0.25, 0.3) is 0 Å². The third kappa shape index (κ3) is 3.37. The predicted octanol–water partition coefficient (Wildman–Crippen LogP) is 2.91.